The van der Waals surface area contributed by atoms with Crippen LogP contribution in [-0.4, -0.2) is 44.9 Å². The van der Waals surface area contributed by atoms with Crippen molar-refractivity contribution in [3.8, 4) is 11.5 Å². The first-order chi connectivity index (χ1) is 10.7. The summed E-state index contributed by atoms with van der Waals surface area (Å²) in [7, 11) is 5.21. The van der Waals surface area contributed by atoms with Crippen molar-refractivity contribution in [1.82, 2.24) is 4.90 Å². The van der Waals surface area contributed by atoms with Gasteiger partial charge < -0.3 is 14.2 Å². The molecule has 118 valence electrons. The molecule has 4 rings (SSSR count). The van der Waals surface area contributed by atoms with Crippen LogP contribution in [0.2, 0.25) is 0 Å². The molecule has 22 heavy (non-hydrogen) atoms. The monoisotopic (exact) mass is 301 g/mol. The molecule has 0 amide bonds. The predicted molar refractivity (Wildman–Crippen MR) is 84.6 cm³/mol. The molecule has 1 aliphatic carbocycles. The maximum absolute atomic E-state index is 5.57. The van der Waals surface area contributed by atoms with Crippen molar-refractivity contribution >= 4 is 0 Å². The minimum Gasteiger partial charge on any atom is -0.493 e. The van der Waals surface area contributed by atoms with Crippen LogP contribution < -0.4 is 9.47 Å². The minimum absolute atomic E-state index is 0.113. The van der Waals surface area contributed by atoms with Crippen LogP contribution in [0.15, 0.2) is 24.3 Å². The molecule has 0 spiro atoms. The van der Waals surface area contributed by atoms with Crippen molar-refractivity contribution in [3.05, 3.63) is 35.4 Å². The molecule has 1 saturated heterocycles. The molecule has 0 saturated carbocycles. The third-order valence-electron chi connectivity index (χ3n) is 5.70. The van der Waals surface area contributed by atoms with Gasteiger partial charge >= 0.3 is 0 Å². The zero-order chi connectivity index (χ0) is 15.3. The van der Waals surface area contributed by atoms with E-state index in [4.69, 9.17) is 14.2 Å². The lowest BCUT2D eigenvalue weighted by molar-refractivity contribution is 0.0749. The highest BCUT2D eigenvalue weighted by molar-refractivity contribution is 5.55. The summed E-state index contributed by atoms with van der Waals surface area (Å²) in [5.74, 6) is 1.66. The van der Waals surface area contributed by atoms with E-state index in [2.05, 4.69) is 29.2 Å². The Balaban J connectivity index is 1.87. The average molecular weight is 301 g/mol. The van der Waals surface area contributed by atoms with Crippen molar-refractivity contribution in [2.75, 3.05) is 27.9 Å². The van der Waals surface area contributed by atoms with Crippen LogP contribution >= 0.6 is 0 Å². The minimum atomic E-state index is 0.113. The lowest BCUT2D eigenvalue weighted by Crippen LogP contribution is -2.49. The molecular formula is C18H23NO3. The number of methoxy groups -OCH3 is 3. The van der Waals surface area contributed by atoms with Crippen LogP contribution in [0.5, 0.6) is 11.5 Å². The maximum Gasteiger partial charge on any atom is 0.161 e. The van der Waals surface area contributed by atoms with Crippen molar-refractivity contribution in [2.45, 2.75) is 36.9 Å². The van der Waals surface area contributed by atoms with Gasteiger partial charge in [0.25, 0.3) is 0 Å². The van der Waals surface area contributed by atoms with E-state index >= 15 is 0 Å². The summed E-state index contributed by atoms with van der Waals surface area (Å²) in [6.45, 7) is 2.14. The third kappa shape index (κ3) is 1.77. The third-order valence-corrected chi connectivity index (χ3v) is 5.70. The van der Waals surface area contributed by atoms with E-state index in [9.17, 15) is 0 Å². The SMILES string of the molecule is COc1cc2c(cc1OC)[C@]13C=C[C@H](OC)C[C@H]1N(CC3)C2. The Morgan fingerprint density at radius 3 is 2.64 bits per heavy atom. The molecule has 4 heteroatoms. The molecule has 3 aliphatic rings. The quantitative estimate of drug-likeness (QED) is 0.803. The Kier molecular flexibility index (Phi) is 3.20. The van der Waals surface area contributed by atoms with Gasteiger partial charge in [0, 0.05) is 31.7 Å². The van der Waals surface area contributed by atoms with Crippen LogP contribution in [-0.2, 0) is 16.7 Å². The second-order valence-electron chi connectivity index (χ2n) is 6.51. The molecule has 2 heterocycles. The first kappa shape index (κ1) is 14.1. The lowest BCUT2D eigenvalue weighted by atomic mass is 9.66. The highest BCUT2D eigenvalue weighted by atomic mass is 16.5. The van der Waals surface area contributed by atoms with Gasteiger partial charge in [0.2, 0.25) is 0 Å². The molecular weight excluding hydrogens is 278 g/mol. The Morgan fingerprint density at radius 1 is 1.14 bits per heavy atom. The van der Waals surface area contributed by atoms with Gasteiger partial charge in [0.15, 0.2) is 11.5 Å². The first-order valence-electron chi connectivity index (χ1n) is 7.93. The van der Waals surface area contributed by atoms with Crippen LogP contribution in [0.25, 0.3) is 0 Å². The van der Waals surface area contributed by atoms with E-state index < -0.39 is 0 Å². The molecule has 1 aromatic carbocycles. The van der Waals surface area contributed by atoms with Crippen molar-refractivity contribution in [1.29, 1.82) is 0 Å². The Labute approximate surface area is 131 Å². The van der Waals surface area contributed by atoms with E-state index in [1.807, 2.05) is 0 Å². The zero-order valence-corrected chi connectivity index (χ0v) is 13.5. The standard InChI is InChI=1S/C18H23NO3/c1-20-13-4-5-18-6-7-19(17(18)9-13)11-12-8-15(21-2)16(22-3)10-14(12)18/h4-5,8,10,13,17H,6-7,9,11H2,1-3H3/t13-,17+,18+/m0/s1. The summed E-state index contributed by atoms with van der Waals surface area (Å²) in [4.78, 5) is 2.60. The summed E-state index contributed by atoms with van der Waals surface area (Å²) in [5, 5.41) is 0. The van der Waals surface area contributed by atoms with Crippen LogP contribution in [0.3, 0.4) is 0 Å². The number of ether oxygens (including phenoxy) is 3. The summed E-state index contributed by atoms with van der Waals surface area (Å²) in [6.07, 6.45) is 7.11. The highest BCUT2D eigenvalue weighted by Gasteiger charge is 2.53. The number of hydrogen-bond donors (Lipinski definition) is 0. The largest absolute Gasteiger partial charge is 0.493 e. The van der Waals surface area contributed by atoms with Crippen molar-refractivity contribution < 1.29 is 14.2 Å². The zero-order valence-electron chi connectivity index (χ0n) is 13.5. The number of nitrogens with zero attached hydrogens (tertiary/aromatic N) is 1. The lowest BCUT2D eigenvalue weighted by Gasteiger charge is -2.46. The van der Waals surface area contributed by atoms with Gasteiger partial charge in [-0.1, -0.05) is 12.2 Å². The normalized spacial score (nSPS) is 35.0. The molecule has 1 unspecified atom stereocenters. The maximum atomic E-state index is 5.57. The first-order valence-corrected chi connectivity index (χ1v) is 7.93. The van der Waals surface area contributed by atoms with Gasteiger partial charge in [-0.3, -0.25) is 4.90 Å². The number of rotatable bonds is 3. The van der Waals surface area contributed by atoms with Crippen LogP contribution in [0.4, 0.5) is 0 Å². The summed E-state index contributed by atoms with van der Waals surface area (Å²) < 4.78 is 16.6. The van der Waals surface area contributed by atoms with Gasteiger partial charge in [-0.2, -0.15) is 0 Å². The van der Waals surface area contributed by atoms with Crippen molar-refractivity contribution in [2.24, 2.45) is 0 Å². The fraction of sp³-hybridized carbons (Fsp3) is 0.556. The number of hydrogen-bond acceptors (Lipinski definition) is 4. The number of benzene rings is 1. The average Bonchev–Trinajstić information content (AvgIpc) is 2.85. The smallest absolute Gasteiger partial charge is 0.161 e. The van der Waals surface area contributed by atoms with Gasteiger partial charge in [-0.25, -0.2) is 0 Å². The highest BCUT2D eigenvalue weighted by Crippen LogP contribution is 2.52. The molecule has 4 atom stereocenters. The Morgan fingerprint density at radius 2 is 1.91 bits per heavy atom. The fourth-order valence-corrected chi connectivity index (χ4v) is 4.58. The summed E-state index contributed by atoms with van der Waals surface area (Å²) in [5.41, 5.74) is 2.89. The van der Waals surface area contributed by atoms with Crippen LogP contribution in [0.1, 0.15) is 24.0 Å². The molecule has 0 radical (unpaired) electrons. The predicted octanol–water partition coefficient (Wildman–Crippen LogP) is 2.50. The second kappa shape index (κ2) is 5.00. The van der Waals surface area contributed by atoms with E-state index in [1.54, 1.807) is 21.3 Å². The van der Waals surface area contributed by atoms with Gasteiger partial charge in [0.1, 0.15) is 0 Å². The molecule has 1 fully saturated rings. The summed E-state index contributed by atoms with van der Waals surface area (Å²) >= 11 is 0. The van der Waals surface area contributed by atoms with Crippen molar-refractivity contribution in [3.63, 3.8) is 0 Å². The van der Waals surface area contributed by atoms with E-state index in [-0.39, 0.29) is 11.5 Å². The van der Waals surface area contributed by atoms with E-state index in [0.717, 1.165) is 31.0 Å². The molecule has 0 N–H and O–H groups in total. The van der Waals surface area contributed by atoms with Crippen LogP contribution in [0, 0.1) is 0 Å². The molecule has 1 aromatic rings. The molecule has 4 nitrogen and oxygen atoms in total. The topological polar surface area (TPSA) is 30.9 Å². The van der Waals surface area contributed by atoms with Gasteiger partial charge in [0.05, 0.1) is 20.3 Å². The van der Waals surface area contributed by atoms with Gasteiger partial charge in [-0.15, -0.1) is 0 Å². The Bertz CT molecular complexity index is 627. The van der Waals surface area contributed by atoms with E-state index in [1.165, 1.54) is 17.5 Å². The second-order valence-corrected chi connectivity index (χ2v) is 6.51. The molecule has 0 aromatic heterocycles. The number of fused-ring (bicyclic) bond motifs is 1. The molecule has 2 bridgehead atoms. The molecule has 2 aliphatic heterocycles. The Hall–Kier alpha value is -1.52. The fourth-order valence-electron chi connectivity index (χ4n) is 4.58. The summed E-state index contributed by atoms with van der Waals surface area (Å²) in [6, 6.07) is 4.88. The van der Waals surface area contributed by atoms with Gasteiger partial charge in [-0.05, 0) is 36.1 Å². The van der Waals surface area contributed by atoms with E-state index in [0.29, 0.717) is 6.04 Å².